The molecule has 0 fully saturated rings. The number of nitrogens with zero attached hydrogens (tertiary/aromatic N) is 3. The lowest BCUT2D eigenvalue weighted by Gasteiger charge is -2.20. The molecule has 158 valence electrons. The summed E-state index contributed by atoms with van der Waals surface area (Å²) in [6.07, 6.45) is 0. The molecule has 0 saturated carbocycles. The predicted octanol–water partition coefficient (Wildman–Crippen LogP) is 3.63. The van der Waals surface area contributed by atoms with E-state index in [1.807, 2.05) is 32.0 Å². The van der Waals surface area contributed by atoms with Crippen LogP contribution in [-0.2, 0) is 10.0 Å². The first kappa shape index (κ1) is 21.7. The number of aromatic nitrogens is 2. The van der Waals surface area contributed by atoms with Gasteiger partial charge in [0.15, 0.2) is 0 Å². The van der Waals surface area contributed by atoms with Gasteiger partial charge in [-0.2, -0.15) is 4.31 Å². The third-order valence-electron chi connectivity index (χ3n) is 4.79. The van der Waals surface area contributed by atoms with Crippen molar-refractivity contribution in [2.24, 2.45) is 0 Å². The highest BCUT2D eigenvalue weighted by Crippen LogP contribution is 2.25. The Morgan fingerprint density at radius 3 is 2.37 bits per heavy atom. The van der Waals surface area contributed by atoms with Crippen LogP contribution < -0.4 is 5.32 Å². The van der Waals surface area contributed by atoms with Crippen LogP contribution in [0.15, 0.2) is 51.8 Å². The minimum absolute atomic E-state index is 0.0351. The Labute approximate surface area is 176 Å². The molecule has 0 saturated heterocycles. The maximum Gasteiger partial charge on any atom is 0.322 e. The Bertz CT molecular complexity index is 1170. The first-order valence-electron chi connectivity index (χ1n) is 9.40. The second kappa shape index (κ2) is 8.37. The Hall–Kier alpha value is -3.04. The van der Waals surface area contributed by atoms with Crippen molar-refractivity contribution in [1.29, 1.82) is 0 Å². The Kier molecular flexibility index (Phi) is 6.04. The van der Waals surface area contributed by atoms with Crippen molar-refractivity contribution in [1.82, 2.24) is 14.5 Å². The van der Waals surface area contributed by atoms with Gasteiger partial charge in [-0.25, -0.2) is 8.42 Å². The van der Waals surface area contributed by atoms with Crippen LogP contribution in [0.2, 0.25) is 0 Å². The van der Waals surface area contributed by atoms with E-state index in [4.69, 9.17) is 4.42 Å². The fourth-order valence-corrected chi connectivity index (χ4v) is 4.11. The molecule has 1 amide bonds. The molecule has 0 aliphatic carbocycles. The van der Waals surface area contributed by atoms with E-state index >= 15 is 0 Å². The summed E-state index contributed by atoms with van der Waals surface area (Å²) >= 11 is 0. The minimum atomic E-state index is -3.61. The third kappa shape index (κ3) is 4.42. The molecule has 2 aromatic carbocycles. The number of sulfonamides is 1. The van der Waals surface area contributed by atoms with Crippen molar-refractivity contribution in [3.05, 3.63) is 59.2 Å². The second-order valence-corrected chi connectivity index (χ2v) is 9.32. The average molecular weight is 429 g/mol. The lowest BCUT2D eigenvalue weighted by molar-refractivity contribution is 0.102. The summed E-state index contributed by atoms with van der Waals surface area (Å²) in [5.41, 5.74) is 3.10. The van der Waals surface area contributed by atoms with Crippen molar-refractivity contribution in [2.45, 2.75) is 38.6 Å². The quantitative estimate of drug-likeness (QED) is 0.643. The molecule has 0 aliphatic rings. The average Bonchev–Trinajstić information content (AvgIpc) is 3.17. The summed E-state index contributed by atoms with van der Waals surface area (Å²) in [5.74, 6) is -0.169. The first-order chi connectivity index (χ1) is 14.1. The van der Waals surface area contributed by atoms with Crippen LogP contribution in [0.5, 0.6) is 0 Å². The van der Waals surface area contributed by atoms with Crippen LogP contribution in [0.25, 0.3) is 11.5 Å². The zero-order valence-electron chi connectivity index (χ0n) is 17.5. The highest BCUT2D eigenvalue weighted by Gasteiger charge is 2.23. The minimum Gasteiger partial charge on any atom is -0.403 e. The normalized spacial score (nSPS) is 11.8. The van der Waals surface area contributed by atoms with E-state index in [-0.39, 0.29) is 22.5 Å². The van der Waals surface area contributed by atoms with Crippen LogP contribution in [0.1, 0.15) is 35.3 Å². The van der Waals surface area contributed by atoms with Gasteiger partial charge in [-0.3, -0.25) is 10.1 Å². The van der Waals surface area contributed by atoms with E-state index in [1.54, 1.807) is 13.8 Å². The van der Waals surface area contributed by atoms with Crippen molar-refractivity contribution in [3.63, 3.8) is 0 Å². The molecule has 1 N–H and O–H groups in total. The van der Waals surface area contributed by atoms with Crippen LogP contribution in [0, 0.1) is 13.8 Å². The number of benzene rings is 2. The smallest absolute Gasteiger partial charge is 0.322 e. The van der Waals surface area contributed by atoms with Gasteiger partial charge in [0.2, 0.25) is 15.9 Å². The van der Waals surface area contributed by atoms with Gasteiger partial charge in [0.25, 0.3) is 5.91 Å². The molecule has 0 aliphatic heterocycles. The fourth-order valence-electron chi connectivity index (χ4n) is 2.74. The van der Waals surface area contributed by atoms with Gasteiger partial charge in [0.1, 0.15) is 0 Å². The van der Waals surface area contributed by atoms with E-state index in [9.17, 15) is 13.2 Å². The maximum absolute atomic E-state index is 12.5. The van der Waals surface area contributed by atoms with Crippen molar-refractivity contribution in [2.75, 3.05) is 12.4 Å². The molecular weight excluding hydrogens is 404 g/mol. The summed E-state index contributed by atoms with van der Waals surface area (Å²) < 4.78 is 31.9. The standard InChI is InChI=1S/C21H24N4O4S/c1-13(2)25(5)30(27,28)17-10-8-16(9-11-17)19(26)22-21-24-23-20(29-21)18-12-14(3)6-7-15(18)4/h6-13H,1-5H3,(H,22,24,26). The van der Waals surface area contributed by atoms with Gasteiger partial charge in [0, 0.05) is 24.2 Å². The lowest BCUT2D eigenvalue weighted by atomic mass is 10.1. The predicted molar refractivity (Wildman–Crippen MR) is 114 cm³/mol. The van der Waals surface area contributed by atoms with Gasteiger partial charge < -0.3 is 4.42 Å². The van der Waals surface area contributed by atoms with Crippen molar-refractivity contribution >= 4 is 21.9 Å². The van der Waals surface area contributed by atoms with E-state index < -0.39 is 15.9 Å². The number of hydrogen-bond acceptors (Lipinski definition) is 6. The van der Waals surface area contributed by atoms with E-state index in [2.05, 4.69) is 15.5 Å². The molecule has 0 bridgehead atoms. The van der Waals surface area contributed by atoms with E-state index in [1.165, 1.54) is 35.6 Å². The molecule has 3 aromatic rings. The highest BCUT2D eigenvalue weighted by molar-refractivity contribution is 7.89. The second-order valence-electron chi connectivity index (χ2n) is 7.32. The summed E-state index contributed by atoms with van der Waals surface area (Å²) in [6, 6.07) is 11.4. The Balaban J connectivity index is 1.76. The van der Waals surface area contributed by atoms with E-state index in [0.717, 1.165) is 16.7 Å². The largest absolute Gasteiger partial charge is 0.403 e. The number of amides is 1. The fraction of sp³-hybridized carbons (Fsp3) is 0.286. The molecule has 3 rings (SSSR count). The molecule has 8 nitrogen and oxygen atoms in total. The van der Waals surface area contributed by atoms with Crippen LogP contribution in [0.3, 0.4) is 0 Å². The number of carbonyl (C=O) groups is 1. The molecule has 0 radical (unpaired) electrons. The molecule has 9 heteroatoms. The Morgan fingerprint density at radius 1 is 1.07 bits per heavy atom. The first-order valence-corrected chi connectivity index (χ1v) is 10.8. The van der Waals surface area contributed by atoms with Crippen LogP contribution in [-0.4, -0.2) is 41.9 Å². The molecule has 0 unspecified atom stereocenters. The summed E-state index contributed by atoms with van der Waals surface area (Å²) in [4.78, 5) is 12.6. The summed E-state index contributed by atoms with van der Waals surface area (Å²) in [7, 11) is -2.10. The number of aryl methyl sites for hydroxylation is 2. The molecular formula is C21H24N4O4S. The molecule has 0 atom stereocenters. The zero-order valence-corrected chi connectivity index (χ0v) is 18.3. The number of carbonyl (C=O) groups excluding carboxylic acids is 1. The van der Waals surface area contributed by atoms with Gasteiger partial charge >= 0.3 is 6.01 Å². The third-order valence-corrected chi connectivity index (χ3v) is 6.84. The lowest BCUT2D eigenvalue weighted by Crippen LogP contribution is -2.33. The van der Waals surface area contributed by atoms with E-state index in [0.29, 0.717) is 5.89 Å². The molecule has 30 heavy (non-hydrogen) atoms. The highest BCUT2D eigenvalue weighted by atomic mass is 32.2. The van der Waals surface area contributed by atoms with Gasteiger partial charge in [-0.05, 0) is 63.6 Å². The molecule has 0 spiro atoms. The summed E-state index contributed by atoms with van der Waals surface area (Å²) in [5, 5.41) is 10.4. The zero-order chi connectivity index (χ0) is 22.1. The number of anilines is 1. The molecule has 1 heterocycles. The van der Waals surface area contributed by atoms with Crippen molar-refractivity contribution < 1.29 is 17.6 Å². The topological polar surface area (TPSA) is 105 Å². The summed E-state index contributed by atoms with van der Waals surface area (Å²) in [6.45, 7) is 7.47. The Morgan fingerprint density at radius 2 is 1.73 bits per heavy atom. The number of hydrogen-bond donors (Lipinski definition) is 1. The maximum atomic E-state index is 12.5. The number of rotatable bonds is 6. The van der Waals surface area contributed by atoms with Crippen molar-refractivity contribution in [3.8, 4) is 11.5 Å². The van der Waals surface area contributed by atoms with Gasteiger partial charge in [-0.1, -0.05) is 22.8 Å². The molecule has 1 aromatic heterocycles. The van der Waals surface area contributed by atoms with Crippen LogP contribution >= 0.6 is 0 Å². The van der Waals surface area contributed by atoms with Gasteiger partial charge in [-0.15, -0.1) is 5.10 Å². The monoisotopic (exact) mass is 428 g/mol. The number of nitrogens with one attached hydrogen (secondary N) is 1. The SMILES string of the molecule is Cc1ccc(C)c(-c2nnc(NC(=O)c3ccc(S(=O)(=O)N(C)C(C)C)cc3)o2)c1. The van der Waals surface area contributed by atoms with Crippen LogP contribution in [0.4, 0.5) is 6.01 Å². The van der Waals surface area contributed by atoms with Gasteiger partial charge in [0.05, 0.1) is 4.90 Å².